The second-order valence-corrected chi connectivity index (χ2v) is 6.26. The number of amides is 1. The molecule has 2 aromatic heterocycles. The predicted molar refractivity (Wildman–Crippen MR) is 77.7 cm³/mol. The zero-order valence-electron chi connectivity index (χ0n) is 11.5. The molecule has 0 atom stereocenters. The first-order valence-electron chi connectivity index (χ1n) is 6.07. The summed E-state index contributed by atoms with van der Waals surface area (Å²) in [5, 5.41) is 5.36. The van der Waals surface area contributed by atoms with Crippen LogP contribution in [0.15, 0.2) is 23.6 Å². The second-order valence-electron chi connectivity index (χ2n) is 5.41. The highest BCUT2D eigenvalue weighted by Gasteiger charge is 2.18. The van der Waals surface area contributed by atoms with E-state index in [1.54, 1.807) is 6.07 Å². The van der Waals surface area contributed by atoms with Crippen molar-refractivity contribution in [2.24, 2.45) is 0 Å². The average Bonchev–Trinajstić information content (AvgIpc) is 2.77. The van der Waals surface area contributed by atoms with Crippen LogP contribution in [-0.2, 0) is 5.41 Å². The minimum atomic E-state index is -0.224. The lowest BCUT2D eigenvalue weighted by atomic mass is 9.93. The van der Waals surface area contributed by atoms with Crippen LogP contribution in [0.1, 0.15) is 42.6 Å². The van der Waals surface area contributed by atoms with Crippen molar-refractivity contribution in [1.29, 1.82) is 0 Å². The summed E-state index contributed by atoms with van der Waals surface area (Å²) in [5.74, 6) is -0.224. The molecule has 5 heteroatoms. The van der Waals surface area contributed by atoms with Crippen LogP contribution >= 0.6 is 11.3 Å². The molecule has 100 valence electrons. The van der Waals surface area contributed by atoms with Gasteiger partial charge in [0.15, 0.2) is 5.13 Å². The summed E-state index contributed by atoms with van der Waals surface area (Å²) in [6, 6.07) is 5.37. The van der Waals surface area contributed by atoms with Gasteiger partial charge in [-0.1, -0.05) is 26.8 Å². The minimum absolute atomic E-state index is 0.0128. The van der Waals surface area contributed by atoms with Crippen molar-refractivity contribution in [2.75, 3.05) is 5.32 Å². The Balaban J connectivity index is 2.13. The SMILES string of the molecule is Cc1cccc(C(=O)Nc2nc(C(C)(C)C)cs2)n1. The standard InChI is InChI=1S/C14H17N3OS/c1-9-6-5-7-10(15-9)12(18)17-13-16-11(8-19-13)14(2,3)4/h5-8H,1-4H3,(H,16,17,18). The molecular weight excluding hydrogens is 258 g/mol. The maximum atomic E-state index is 12.0. The first-order valence-corrected chi connectivity index (χ1v) is 6.95. The topological polar surface area (TPSA) is 54.9 Å². The van der Waals surface area contributed by atoms with Gasteiger partial charge in [0.25, 0.3) is 5.91 Å². The average molecular weight is 275 g/mol. The van der Waals surface area contributed by atoms with Crippen LogP contribution in [0.4, 0.5) is 5.13 Å². The molecule has 0 unspecified atom stereocenters. The molecule has 0 saturated carbocycles. The Morgan fingerprint density at radius 3 is 2.58 bits per heavy atom. The Labute approximate surface area is 116 Å². The molecule has 19 heavy (non-hydrogen) atoms. The van der Waals surface area contributed by atoms with Gasteiger partial charge in [-0.2, -0.15) is 0 Å². The number of aromatic nitrogens is 2. The van der Waals surface area contributed by atoms with Gasteiger partial charge in [-0.25, -0.2) is 9.97 Å². The molecule has 0 aliphatic rings. The third-order valence-corrected chi connectivity index (χ3v) is 3.37. The van der Waals surface area contributed by atoms with E-state index in [2.05, 4.69) is 36.1 Å². The van der Waals surface area contributed by atoms with Crippen LogP contribution in [0.5, 0.6) is 0 Å². The van der Waals surface area contributed by atoms with Gasteiger partial charge < -0.3 is 0 Å². The van der Waals surface area contributed by atoms with Crippen LogP contribution < -0.4 is 5.32 Å². The van der Waals surface area contributed by atoms with Crippen molar-refractivity contribution in [2.45, 2.75) is 33.1 Å². The highest BCUT2D eigenvalue weighted by Crippen LogP contribution is 2.26. The fraction of sp³-hybridized carbons (Fsp3) is 0.357. The van der Waals surface area contributed by atoms with Crippen molar-refractivity contribution in [1.82, 2.24) is 9.97 Å². The van der Waals surface area contributed by atoms with Gasteiger partial charge in [-0.3, -0.25) is 10.1 Å². The first-order chi connectivity index (χ1) is 8.86. The second kappa shape index (κ2) is 5.09. The van der Waals surface area contributed by atoms with E-state index in [1.807, 2.05) is 24.4 Å². The Morgan fingerprint density at radius 1 is 1.26 bits per heavy atom. The summed E-state index contributed by atoms with van der Waals surface area (Å²) in [6.45, 7) is 8.14. The van der Waals surface area contributed by atoms with Gasteiger partial charge in [-0.15, -0.1) is 11.3 Å². The van der Waals surface area contributed by atoms with Crippen molar-refractivity contribution < 1.29 is 4.79 Å². The number of carbonyl (C=O) groups is 1. The molecule has 0 fully saturated rings. The Bertz CT molecular complexity index is 599. The lowest BCUT2D eigenvalue weighted by molar-refractivity contribution is 0.102. The van der Waals surface area contributed by atoms with E-state index in [0.717, 1.165) is 11.4 Å². The van der Waals surface area contributed by atoms with Crippen molar-refractivity contribution in [3.8, 4) is 0 Å². The monoisotopic (exact) mass is 275 g/mol. The quantitative estimate of drug-likeness (QED) is 0.914. The molecule has 2 heterocycles. The molecule has 2 aromatic rings. The van der Waals surface area contributed by atoms with Gasteiger partial charge in [0, 0.05) is 16.5 Å². The van der Waals surface area contributed by atoms with Crippen LogP contribution in [0, 0.1) is 6.92 Å². The third kappa shape index (κ3) is 3.38. The van der Waals surface area contributed by atoms with Gasteiger partial charge >= 0.3 is 0 Å². The summed E-state index contributed by atoms with van der Waals surface area (Å²) in [5.41, 5.74) is 2.20. The van der Waals surface area contributed by atoms with E-state index in [9.17, 15) is 4.79 Å². The molecule has 1 N–H and O–H groups in total. The minimum Gasteiger partial charge on any atom is -0.296 e. The highest BCUT2D eigenvalue weighted by molar-refractivity contribution is 7.14. The molecule has 0 bridgehead atoms. The Kier molecular flexibility index (Phi) is 3.66. The number of pyridine rings is 1. The zero-order valence-corrected chi connectivity index (χ0v) is 12.3. The third-order valence-electron chi connectivity index (χ3n) is 2.61. The lowest BCUT2D eigenvalue weighted by Gasteiger charge is -2.14. The van der Waals surface area contributed by atoms with E-state index >= 15 is 0 Å². The van der Waals surface area contributed by atoms with Gasteiger partial charge in [-0.05, 0) is 19.1 Å². The van der Waals surface area contributed by atoms with Gasteiger partial charge in [0.2, 0.25) is 0 Å². The zero-order chi connectivity index (χ0) is 14.0. The van der Waals surface area contributed by atoms with Gasteiger partial charge in [0.1, 0.15) is 5.69 Å². The number of rotatable bonds is 2. The van der Waals surface area contributed by atoms with E-state index in [-0.39, 0.29) is 11.3 Å². The first kappa shape index (κ1) is 13.7. The molecule has 2 rings (SSSR count). The molecule has 0 spiro atoms. The van der Waals surface area contributed by atoms with Gasteiger partial charge in [0.05, 0.1) is 5.69 Å². The number of nitrogens with one attached hydrogen (secondary N) is 1. The molecule has 0 aliphatic carbocycles. The Hall–Kier alpha value is -1.75. The predicted octanol–water partition coefficient (Wildman–Crippen LogP) is 3.40. The van der Waals surface area contributed by atoms with Crippen LogP contribution in [0.2, 0.25) is 0 Å². The van der Waals surface area contributed by atoms with Crippen LogP contribution in [0.25, 0.3) is 0 Å². The van der Waals surface area contributed by atoms with E-state index in [4.69, 9.17) is 0 Å². The summed E-state index contributed by atoms with van der Waals surface area (Å²) < 4.78 is 0. The molecule has 0 aliphatic heterocycles. The smallest absolute Gasteiger partial charge is 0.276 e. The molecular formula is C14H17N3OS. The number of carbonyl (C=O) groups excluding carboxylic acids is 1. The van der Waals surface area contributed by atoms with E-state index in [0.29, 0.717) is 10.8 Å². The fourth-order valence-corrected chi connectivity index (χ4v) is 2.44. The highest BCUT2D eigenvalue weighted by atomic mass is 32.1. The van der Waals surface area contributed by atoms with E-state index in [1.165, 1.54) is 11.3 Å². The molecule has 0 saturated heterocycles. The van der Waals surface area contributed by atoms with E-state index < -0.39 is 0 Å². The van der Waals surface area contributed by atoms with Crippen molar-refractivity contribution in [3.63, 3.8) is 0 Å². The number of anilines is 1. The summed E-state index contributed by atoms with van der Waals surface area (Å²) >= 11 is 1.43. The summed E-state index contributed by atoms with van der Waals surface area (Å²) in [4.78, 5) is 20.6. The summed E-state index contributed by atoms with van der Waals surface area (Å²) in [7, 11) is 0. The van der Waals surface area contributed by atoms with Crippen LogP contribution in [-0.4, -0.2) is 15.9 Å². The number of hydrogen-bond donors (Lipinski definition) is 1. The van der Waals surface area contributed by atoms with Crippen LogP contribution in [0.3, 0.4) is 0 Å². The number of aryl methyl sites for hydroxylation is 1. The molecule has 0 radical (unpaired) electrons. The summed E-state index contributed by atoms with van der Waals surface area (Å²) in [6.07, 6.45) is 0. The maximum Gasteiger partial charge on any atom is 0.276 e. The largest absolute Gasteiger partial charge is 0.296 e. The molecule has 0 aromatic carbocycles. The fourth-order valence-electron chi connectivity index (χ4n) is 1.51. The number of nitrogens with zero attached hydrogens (tertiary/aromatic N) is 2. The Morgan fingerprint density at radius 2 is 2.00 bits per heavy atom. The number of thiazole rings is 1. The van der Waals surface area contributed by atoms with Crippen molar-refractivity contribution >= 4 is 22.4 Å². The maximum absolute atomic E-state index is 12.0. The lowest BCUT2D eigenvalue weighted by Crippen LogP contribution is -2.15. The normalized spacial score (nSPS) is 11.4. The van der Waals surface area contributed by atoms with Crippen molar-refractivity contribution in [3.05, 3.63) is 40.7 Å². The molecule has 1 amide bonds. The molecule has 4 nitrogen and oxygen atoms in total. The number of hydrogen-bond acceptors (Lipinski definition) is 4.